The van der Waals surface area contributed by atoms with E-state index in [2.05, 4.69) is 25.7 Å². The van der Waals surface area contributed by atoms with Gasteiger partial charge in [0.1, 0.15) is 0 Å². The lowest BCUT2D eigenvalue weighted by molar-refractivity contribution is 0.246. The molecule has 0 saturated heterocycles. The standard InChI is InChI=1S/C9H19N/c1-4-10(7-8(2)3)9-5-6-9/h8-9H,4-7H2,1-3H3. The second kappa shape index (κ2) is 3.38. The van der Waals surface area contributed by atoms with Crippen LogP contribution in [0.5, 0.6) is 0 Å². The van der Waals surface area contributed by atoms with Crippen LogP contribution in [-0.2, 0) is 0 Å². The highest BCUT2D eigenvalue weighted by Gasteiger charge is 2.27. The van der Waals surface area contributed by atoms with E-state index in [1.165, 1.54) is 25.9 Å². The highest BCUT2D eigenvalue weighted by atomic mass is 15.2. The molecule has 0 unspecified atom stereocenters. The minimum absolute atomic E-state index is 0.834. The molecule has 1 aliphatic rings. The summed E-state index contributed by atoms with van der Waals surface area (Å²) in [4.78, 5) is 2.60. The first-order valence-corrected chi connectivity index (χ1v) is 4.48. The van der Waals surface area contributed by atoms with Crippen LogP contribution in [-0.4, -0.2) is 24.0 Å². The maximum atomic E-state index is 2.60. The molecule has 10 heavy (non-hydrogen) atoms. The molecule has 0 radical (unpaired) electrons. The summed E-state index contributed by atoms with van der Waals surface area (Å²) in [5.41, 5.74) is 0. The predicted octanol–water partition coefficient (Wildman–Crippen LogP) is 2.13. The molecule has 0 bridgehead atoms. The zero-order valence-corrected chi connectivity index (χ0v) is 7.43. The summed E-state index contributed by atoms with van der Waals surface area (Å²) in [6.07, 6.45) is 2.89. The summed E-state index contributed by atoms with van der Waals surface area (Å²) in [5, 5.41) is 0. The molecule has 0 spiro atoms. The Morgan fingerprint density at radius 3 is 2.30 bits per heavy atom. The Kier molecular flexibility index (Phi) is 2.72. The van der Waals surface area contributed by atoms with Crippen molar-refractivity contribution in [2.75, 3.05) is 13.1 Å². The zero-order valence-electron chi connectivity index (χ0n) is 7.43. The molecular weight excluding hydrogens is 122 g/mol. The quantitative estimate of drug-likeness (QED) is 0.579. The van der Waals surface area contributed by atoms with Gasteiger partial charge in [0.25, 0.3) is 0 Å². The molecule has 0 aliphatic heterocycles. The lowest BCUT2D eigenvalue weighted by Gasteiger charge is -2.21. The molecule has 60 valence electrons. The smallest absolute Gasteiger partial charge is 0.00964 e. The van der Waals surface area contributed by atoms with Gasteiger partial charge in [-0.2, -0.15) is 0 Å². The Balaban J connectivity index is 2.19. The maximum Gasteiger partial charge on any atom is 0.00964 e. The third-order valence-electron chi connectivity index (χ3n) is 2.07. The second-order valence-corrected chi connectivity index (χ2v) is 3.71. The molecular formula is C9H19N. The highest BCUT2D eigenvalue weighted by Crippen LogP contribution is 2.26. The molecule has 0 heterocycles. The molecule has 0 amide bonds. The molecule has 1 aliphatic carbocycles. The van der Waals surface area contributed by atoms with Crippen molar-refractivity contribution in [3.05, 3.63) is 0 Å². The largest absolute Gasteiger partial charge is 0.300 e. The highest BCUT2D eigenvalue weighted by molar-refractivity contribution is 4.83. The van der Waals surface area contributed by atoms with Crippen molar-refractivity contribution in [3.8, 4) is 0 Å². The van der Waals surface area contributed by atoms with Gasteiger partial charge >= 0.3 is 0 Å². The van der Waals surface area contributed by atoms with Gasteiger partial charge < -0.3 is 4.90 Å². The van der Waals surface area contributed by atoms with Gasteiger partial charge in [-0.1, -0.05) is 20.8 Å². The van der Waals surface area contributed by atoms with Crippen LogP contribution in [0.3, 0.4) is 0 Å². The van der Waals surface area contributed by atoms with E-state index in [1.54, 1.807) is 0 Å². The summed E-state index contributed by atoms with van der Waals surface area (Å²) in [7, 11) is 0. The molecule has 1 rings (SSSR count). The summed E-state index contributed by atoms with van der Waals surface area (Å²) >= 11 is 0. The SMILES string of the molecule is CCN(CC(C)C)C1CC1. The molecule has 1 nitrogen and oxygen atoms in total. The van der Waals surface area contributed by atoms with E-state index in [0.717, 1.165) is 12.0 Å². The summed E-state index contributed by atoms with van der Waals surface area (Å²) < 4.78 is 0. The third-order valence-corrected chi connectivity index (χ3v) is 2.07. The van der Waals surface area contributed by atoms with E-state index in [-0.39, 0.29) is 0 Å². The zero-order chi connectivity index (χ0) is 7.56. The average Bonchev–Trinajstić information content (AvgIpc) is 2.63. The van der Waals surface area contributed by atoms with E-state index in [4.69, 9.17) is 0 Å². The van der Waals surface area contributed by atoms with Crippen LogP contribution in [0.25, 0.3) is 0 Å². The van der Waals surface area contributed by atoms with Gasteiger partial charge in [0, 0.05) is 12.6 Å². The van der Waals surface area contributed by atoms with Crippen molar-refractivity contribution < 1.29 is 0 Å². The van der Waals surface area contributed by atoms with Gasteiger partial charge in [-0.15, -0.1) is 0 Å². The van der Waals surface area contributed by atoms with Crippen molar-refractivity contribution >= 4 is 0 Å². The van der Waals surface area contributed by atoms with Crippen molar-refractivity contribution in [1.82, 2.24) is 4.90 Å². The molecule has 0 atom stereocenters. The fourth-order valence-corrected chi connectivity index (χ4v) is 1.45. The van der Waals surface area contributed by atoms with Gasteiger partial charge in [-0.25, -0.2) is 0 Å². The second-order valence-electron chi connectivity index (χ2n) is 3.71. The topological polar surface area (TPSA) is 3.24 Å². The molecule has 1 fully saturated rings. The molecule has 1 saturated carbocycles. The van der Waals surface area contributed by atoms with Crippen molar-refractivity contribution in [2.45, 2.75) is 39.7 Å². The minimum atomic E-state index is 0.834. The fourth-order valence-electron chi connectivity index (χ4n) is 1.45. The Labute approximate surface area is 64.4 Å². The summed E-state index contributed by atoms with van der Waals surface area (Å²) in [6, 6.07) is 0.951. The van der Waals surface area contributed by atoms with Crippen LogP contribution in [0.1, 0.15) is 33.6 Å². The lowest BCUT2D eigenvalue weighted by atomic mass is 10.2. The van der Waals surface area contributed by atoms with Crippen molar-refractivity contribution in [3.63, 3.8) is 0 Å². The number of hydrogen-bond donors (Lipinski definition) is 0. The average molecular weight is 141 g/mol. The Hall–Kier alpha value is -0.0400. The van der Waals surface area contributed by atoms with Crippen molar-refractivity contribution in [2.24, 2.45) is 5.92 Å². The normalized spacial score (nSPS) is 18.9. The molecule has 0 aromatic carbocycles. The minimum Gasteiger partial charge on any atom is -0.300 e. The number of nitrogens with zero attached hydrogens (tertiary/aromatic N) is 1. The maximum absolute atomic E-state index is 2.60. The van der Waals surface area contributed by atoms with E-state index < -0.39 is 0 Å². The Bertz CT molecular complexity index is 94.9. The first kappa shape index (κ1) is 8.06. The van der Waals surface area contributed by atoms with Crippen LogP contribution >= 0.6 is 0 Å². The van der Waals surface area contributed by atoms with Crippen LogP contribution in [0.4, 0.5) is 0 Å². The summed E-state index contributed by atoms with van der Waals surface area (Å²) in [5.74, 6) is 0.834. The Morgan fingerprint density at radius 2 is 2.00 bits per heavy atom. The first-order chi connectivity index (χ1) is 4.74. The monoisotopic (exact) mass is 141 g/mol. The molecule has 1 heteroatoms. The van der Waals surface area contributed by atoms with Crippen LogP contribution in [0, 0.1) is 5.92 Å². The number of rotatable bonds is 4. The van der Waals surface area contributed by atoms with E-state index >= 15 is 0 Å². The molecule has 0 N–H and O–H groups in total. The summed E-state index contributed by atoms with van der Waals surface area (Å²) in [6.45, 7) is 9.39. The van der Waals surface area contributed by atoms with Gasteiger partial charge in [-0.3, -0.25) is 0 Å². The first-order valence-electron chi connectivity index (χ1n) is 4.48. The molecule has 0 aromatic rings. The van der Waals surface area contributed by atoms with Gasteiger partial charge in [0.2, 0.25) is 0 Å². The van der Waals surface area contributed by atoms with Gasteiger partial charge in [0.15, 0.2) is 0 Å². The van der Waals surface area contributed by atoms with Crippen LogP contribution < -0.4 is 0 Å². The van der Waals surface area contributed by atoms with E-state index in [9.17, 15) is 0 Å². The van der Waals surface area contributed by atoms with Gasteiger partial charge in [-0.05, 0) is 25.3 Å². The predicted molar refractivity (Wildman–Crippen MR) is 45.1 cm³/mol. The lowest BCUT2D eigenvalue weighted by Crippen LogP contribution is -2.29. The third kappa shape index (κ3) is 2.30. The van der Waals surface area contributed by atoms with Crippen molar-refractivity contribution in [1.29, 1.82) is 0 Å². The van der Waals surface area contributed by atoms with Gasteiger partial charge in [0.05, 0.1) is 0 Å². The van der Waals surface area contributed by atoms with E-state index in [0.29, 0.717) is 0 Å². The number of hydrogen-bond acceptors (Lipinski definition) is 1. The van der Waals surface area contributed by atoms with E-state index in [1.807, 2.05) is 0 Å². The van der Waals surface area contributed by atoms with Crippen LogP contribution in [0.15, 0.2) is 0 Å². The van der Waals surface area contributed by atoms with Crippen LogP contribution in [0.2, 0.25) is 0 Å². The Morgan fingerprint density at radius 1 is 1.40 bits per heavy atom. The molecule has 0 aromatic heterocycles. The fraction of sp³-hybridized carbons (Fsp3) is 1.00.